The Balaban J connectivity index is 0.000000289. The number of benzene rings is 1. The number of rotatable bonds is 0. The van der Waals surface area contributed by atoms with Gasteiger partial charge in [-0.1, -0.05) is 17.3 Å². The van der Waals surface area contributed by atoms with E-state index in [1.165, 1.54) is 0 Å². The Morgan fingerprint density at radius 1 is 1.33 bits per heavy atom. The zero-order chi connectivity index (χ0) is 10.6. The Bertz CT molecular complexity index is 418. The Kier molecular flexibility index (Phi) is 5.79. The van der Waals surface area contributed by atoms with Gasteiger partial charge in [0.15, 0.2) is 0 Å². The Hall–Kier alpha value is -0.647. The van der Waals surface area contributed by atoms with Gasteiger partial charge in [0.2, 0.25) is 0 Å². The summed E-state index contributed by atoms with van der Waals surface area (Å²) >= 11 is 0. The quantitative estimate of drug-likeness (QED) is 0.459. The van der Waals surface area contributed by atoms with Gasteiger partial charge in [0.25, 0.3) is 0 Å². The van der Waals surface area contributed by atoms with Crippen LogP contribution >= 0.6 is 7.82 Å². The van der Waals surface area contributed by atoms with Crippen LogP contribution in [0.25, 0.3) is 11.0 Å². The van der Waals surface area contributed by atoms with Crippen LogP contribution in [0.15, 0.2) is 24.3 Å². The first kappa shape index (κ1) is 14.4. The molecular formula is C6H6N3O4PZn. The van der Waals surface area contributed by atoms with Gasteiger partial charge in [0.05, 0.1) is 13.3 Å². The summed E-state index contributed by atoms with van der Waals surface area (Å²) in [5.41, 5.74) is 1.90. The van der Waals surface area contributed by atoms with E-state index in [0.29, 0.717) is 0 Å². The van der Waals surface area contributed by atoms with Gasteiger partial charge in [-0.15, -0.1) is 5.10 Å². The molecule has 0 saturated heterocycles. The second-order valence-electron chi connectivity index (χ2n) is 2.30. The summed E-state index contributed by atoms with van der Waals surface area (Å²) in [4.78, 5) is 24.3. The van der Waals surface area contributed by atoms with Crippen molar-refractivity contribution in [1.29, 1.82) is 0 Å². The molecule has 0 saturated carbocycles. The number of fused-ring (bicyclic) bond motifs is 1. The molecule has 0 bridgehead atoms. The molecule has 2 N–H and O–H groups in total. The number of aromatic amines is 1. The predicted octanol–water partition coefficient (Wildman–Crippen LogP) is -1.24. The van der Waals surface area contributed by atoms with Crippen LogP contribution in [0.1, 0.15) is 0 Å². The van der Waals surface area contributed by atoms with Gasteiger partial charge < -0.3 is 19.2 Å². The molecule has 0 amide bonds. The smallest absolute Gasteiger partial charge is 0.790 e. The third-order valence-corrected chi connectivity index (χ3v) is 1.23. The van der Waals surface area contributed by atoms with Crippen LogP contribution in [0.4, 0.5) is 0 Å². The van der Waals surface area contributed by atoms with Gasteiger partial charge in [-0.25, -0.2) is 0 Å². The number of nitrogens with zero attached hydrogens (tertiary/aromatic N) is 2. The van der Waals surface area contributed by atoms with Crippen LogP contribution in [0, 0.1) is 0 Å². The summed E-state index contributed by atoms with van der Waals surface area (Å²) in [5.74, 6) is 0. The summed E-state index contributed by atoms with van der Waals surface area (Å²) in [6, 6.07) is 7.74. The van der Waals surface area contributed by atoms with Crippen molar-refractivity contribution in [1.82, 2.24) is 15.4 Å². The van der Waals surface area contributed by atoms with Crippen LogP contribution in [0.2, 0.25) is 0 Å². The number of aromatic nitrogens is 3. The van der Waals surface area contributed by atoms with Crippen molar-refractivity contribution < 1.29 is 38.7 Å². The monoisotopic (exact) mass is 279 g/mol. The molecule has 7 nitrogen and oxygen atoms in total. The van der Waals surface area contributed by atoms with E-state index < -0.39 is 7.82 Å². The summed E-state index contributed by atoms with van der Waals surface area (Å²) in [7, 11) is -5.14. The number of nitrogens with one attached hydrogen (secondary N) is 1. The summed E-state index contributed by atoms with van der Waals surface area (Å²) in [6.45, 7) is 0. The van der Waals surface area contributed by atoms with Crippen molar-refractivity contribution in [2.45, 2.75) is 0 Å². The first-order valence-electron chi connectivity index (χ1n) is 3.47. The van der Waals surface area contributed by atoms with Crippen LogP contribution in [-0.4, -0.2) is 20.3 Å². The average Bonchev–Trinajstić information content (AvgIpc) is 2.47. The fourth-order valence-corrected chi connectivity index (χ4v) is 0.788. The molecule has 0 spiro atoms. The van der Waals surface area contributed by atoms with Crippen LogP contribution in [0.3, 0.4) is 0 Å². The molecule has 1 aromatic carbocycles. The zero-order valence-electron chi connectivity index (χ0n) is 7.53. The van der Waals surface area contributed by atoms with E-state index in [9.17, 15) is 0 Å². The molecule has 9 heteroatoms. The van der Waals surface area contributed by atoms with Crippen molar-refractivity contribution in [3.63, 3.8) is 0 Å². The minimum absolute atomic E-state index is 0. The average molecular weight is 280 g/mol. The van der Waals surface area contributed by atoms with Crippen molar-refractivity contribution in [2.24, 2.45) is 0 Å². The Morgan fingerprint density at radius 2 is 1.87 bits per heavy atom. The van der Waals surface area contributed by atoms with Crippen molar-refractivity contribution in [3.05, 3.63) is 24.3 Å². The Labute approximate surface area is 97.5 Å². The molecular weight excluding hydrogens is 274 g/mol. The summed E-state index contributed by atoms with van der Waals surface area (Å²) < 4.78 is 8.66. The third kappa shape index (κ3) is 6.44. The van der Waals surface area contributed by atoms with Crippen LogP contribution in [-0.2, 0) is 24.0 Å². The maximum Gasteiger partial charge on any atom is 2.00 e. The molecule has 2 rings (SSSR count). The molecule has 1 aromatic heterocycles. The number of para-hydroxylation sites is 1. The summed E-state index contributed by atoms with van der Waals surface area (Å²) in [6.07, 6.45) is 0. The minimum atomic E-state index is -5.14. The number of phosphoric acid groups is 1. The van der Waals surface area contributed by atoms with E-state index in [4.69, 9.17) is 19.2 Å². The maximum atomic E-state index is 8.66. The van der Waals surface area contributed by atoms with Gasteiger partial charge in [-0.3, -0.25) is 5.10 Å². The standard InChI is InChI=1S/C6H5N3.H3O4P.Zn/c1-2-4-6-5(3-1)7-9-8-6;1-5(2,3)4;/h1-4H,(H,7,8,9);(H3,1,2,3,4);/q;;+2/p-2. The molecule has 76 valence electrons. The van der Waals surface area contributed by atoms with Crippen molar-refractivity contribution in [2.75, 3.05) is 0 Å². The number of hydrogen-bond donors (Lipinski definition) is 2. The SMILES string of the molecule is O=P([O-])([O-])O.[Zn+2].c1ccc2[nH]nnc2c1. The van der Waals surface area contributed by atoms with E-state index >= 15 is 0 Å². The molecule has 15 heavy (non-hydrogen) atoms. The minimum Gasteiger partial charge on any atom is -0.790 e. The van der Waals surface area contributed by atoms with E-state index in [2.05, 4.69) is 15.4 Å². The van der Waals surface area contributed by atoms with Gasteiger partial charge in [0, 0.05) is 0 Å². The second-order valence-corrected chi connectivity index (χ2v) is 3.23. The molecule has 2 aromatic rings. The molecule has 0 radical (unpaired) electrons. The molecule has 0 aliphatic rings. The summed E-state index contributed by atoms with van der Waals surface area (Å²) in [5, 5.41) is 10.2. The Morgan fingerprint density at radius 3 is 2.40 bits per heavy atom. The van der Waals surface area contributed by atoms with Crippen LogP contribution in [0.5, 0.6) is 0 Å². The first-order valence-corrected chi connectivity index (χ1v) is 4.97. The predicted molar refractivity (Wildman–Crippen MR) is 43.7 cm³/mol. The fraction of sp³-hybridized carbons (Fsp3) is 0. The van der Waals surface area contributed by atoms with Crippen molar-refractivity contribution in [3.8, 4) is 0 Å². The fourth-order valence-electron chi connectivity index (χ4n) is 0.788. The molecule has 0 atom stereocenters. The van der Waals surface area contributed by atoms with Crippen LogP contribution < -0.4 is 9.79 Å². The van der Waals surface area contributed by atoms with E-state index in [1.807, 2.05) is 24.3 Å². The van der Waals surface area contributed by atoms with Gasteiger partial charge >= 0.3 is 19.5 Å². The molecule has 1 heterocycles. The first-order chi connectivity index (χ1) is 6.47. The second kappa shape index (κ2) is 6.05. The number of hydrogen-bond acceptors (Lipinski definition) is 5. The molecule has 0 fully saturated rings. The van der Waals surface area contributed by atoms with E-state index in [0.717, 1.165) is 11.0 Å². The third-order valence-electron chi connectivity index (χ3n) is 1.23. The van der Waals surface area contributed by atoms with Gasteiger partial charge in [-0.2, -0.15) is 0 Å². The normalized spacial score (nSPS) is 10.1. The molecule has 0 unspecified atom stereocenters. The molecule has 0 aliphatic carbocycles. The maximum absolute atomic E-state index is 8.66. The number of H-pyrrole nitrogens is 1. The van der Waals surface area contributed by atoms with Crippen molar-refractivity contribution >= 4 is 18.9 Å². The van der Waals surface area contributed by atoms with Gasteiger partial charge in [0.1, 0.15) is 5.52 Å². The van der Waals surface area contributed by atoms with E-state index in [-0.39, 0.29) is 19.5 Å². The van der Waals surface area contributed by atoms with Gasteiger partial charge in [-0.05, 0) is 12.1 Å². The largest absolute Gasteiger partial charge is 2.00 e. The topological polar surface area (TPSA) is 125 Å². The van der Waals surface area contributed by atoms with E-state index in [1.54, 1.807) is 0 Å². The molecule has 0 aliphatic heterocycles. The zero-order valence-corrected chi connectivity index (χ0v) is 11.4.